The Balaban J connectivity index is 0.000000222. The van der Waals surface area contributed by atoms with Crippen molar-refractivity contribution in [3.63, 3.8) is 0 Å². The van der Waals surface area contributed by atoms with Crippen molar-refractivity contribution < 1.29 is 5.11 Å². The van der Waals surface area contributed by atoms with Gasteiger partial charge < -0.3 is 5.11 Å². The van der Waals surface area contributed by atoms with Crippen LogP contribution in [0.5, 0.6) is 0 Å². The molecule has 2 heteroatoms. The molecule has 2 fully saturated rings. The topological polar surface area (TPSA) is 23.1 Å². The Morgan fingerprint density at radius 2 is 1.19 bits per heavy atom. The molecule has 0 amide bonds. The maximum Gasteiger partial charge on any atom is -0.0515 e. The third-order valence-electron chi connectivity index (χ3n) is 5.25. The van der Waals surface area contributed by atoms with Crippen LogP contribution in [-0.4, -0.2) is 21.3 Å². The van der Waals surface area contributed by atoms with Crippen molar-refractivity contribution in [3.05, 3.63) is 0 Å². The maximum atomic E-state index is 11.9. The first kappa shape index (κ1) is 19.5. The van der Waals surface area contributed by atoms with E-state index >= 15 is 0 Å². The quantitative estimate of drug-likeness (QED) is 0.445. The molecule has 0 aromatic carbocycles. The first-order valence-corrected chi connectivity index (χ1v) is 11.4. The largest absolute Gasteiger partial charge is 0.852 e. The fraction of sp³-hybridized carbons (Fsp3) is 1.00. The van der Waals surface area contributed by atoms with E-state index in [9.17, 15) is 5.11 Å². The standard InChI is InChI=1S/C11H19O.2C4H9.Al/c12-11(9-5-1-2-6-9)10-7-3-4-8-10;2*1-3-4-2;/h9-11H,1-8H2;2*1,3-4H2,2H3;/q-1;;;+1. The van der Waals surface area contributed by atoms with Crippen molar-refractivity contribution in [3.8, 4) is 0 Å². The van der Waals surface area contributed by atoms with Crippen LogP contribution >= 0.6 is 0 Å². The SMILES string of the molecule is CCC[CH2][Al+][CH2]CCC.[O-]C(C1CCCC1)C1CCCC1. The van der Waals surface area contributed by atoms with Gasteiger partial charge in [0.25, 0.3) is 0 Å². The van der Waals surface area contributed by atoms with Gasteiger partial charge in [-0.3, -0.25) is 0 Å². The van der Waals surface area contributed by atoms with E-state index in [0.717, 1.165) is 15.2 Å². The third-order valence-corrected chi connectivity index (χ3v) is 6.89. The molecule has 2 aliphatic rings. The third kappa shape index (κ3) is 8.63. The number of hydrogen-bond acceptors (Lipinski definition) is 1. The number of unbranched alkanes of at least 4 members (excludes halogenated alkanes) is 2. The summed E-state index contributed by atoms with van der Waals surface area (Å²) < 4.78 is 0. The van der Waals surface area contributed by atoms with Gasteiger partial charge in [-0.2, -0.15) is 0 Å². The van der Waals surface area contributed by atoms with Crippen molar-refractivity contribution in [1.82, 2.24) is 0 Å². The molecule has 122 valence electrons. The second-order valence-corrected chi connectivity index (χ2v) is 8.86. The van der Waals surface area contributed by atoms with E-state index in [1.54, 1.807) is 0 Å². The number of rotatable bonds is 8. The number of hydrogen-bond donors (Lipinski definition) is 0. The molecule has 0 unspecified atom stereocenters. The average Bonchev–Trinajstić information content (AvgIpc) is 3.20. The zero-order valence-corrected chi connectivity index (χ0v) is 15.8. The van der Waals surface area contributed by atoms with Crippen LogP contribution in [0.25, 0.3) is 0 Å². The molecule has 0 heterocycles. The summed E-state index contributed by atoms with van der Waals surface area (Å²) in [6, 6.07) is 0. The Labute approximate surface area is 140 Å². The van der Waals surface area contributed by atoms with E-state index in [0.29, 0.717) is 11.8 Å². The summed E-state index contributed by atoms with van der Waals surface area (Å²) in [5, 5.41) is 15.0. The minimum absolute atomic E-state index is 0.199. The van der Waals surface area contributed by atoms with Crippen molar-refractivity contribution in [2.24, 2.45) is 11.8 Å². The molecule has 0 atom stereocenters. The Bertz CT molecular complexity index is 198. The summed E-state index contributed by atoms with van der Waals surface area (Å²) in [5.41, 5.74) is 0. The van der Waals surface area contributed by atoms with Gasteiger partial charge in [0.15, 0.2) is 0 Å². The van der Waals surface area contributed by atoms with Gasteiger partial charge in [0.2, 0.25) is 0 Å². The van der Waals surface area contributed by atoms with Crippen LogP contribution in [0.2, 0.25) is 10.6 Å². The molecule has 0 aromatic heterocycles. The fourth-order valence-electron chi connectivity index (χ4n) is 3.80. The summed E-state index contributed by atoms with van der Waals surface area (Å²) >= 11 is 0.818. The predicted molar refractivity (Wildman–Crippen MR) is 92.9 cm³/mol. The van der Waals surface area contributed by atoms with Crippen LogP contribution in [0.15, 0.2) is 0 Å². The van der Waals surface area contributed by atoms with Crippen molar-refractivity contribution in [2.45, 2.75) is 108 Å². The minimum Gasteiger partial charge on any atom is -0.852 e. The van der Waals surface area contributed by atoms with Gasteiger partial charge in [-0.25, -0.2) is 0 Å². The van der Waals surface area contributed by atoms with Gasteiger partial charge in [-0.15, -0.1) is 6.10 Å². The summed E-state index contributed by atoms with van der Waals surface area (Å²) in [7, 11) is 0. The van der Waals surface area contributed by atoms with Gasteiger partial charge in [-0.05, 0) is 0 Å². The maximum absolute atomic E-state index is 11.9. The first-order valence-electron chi connectivity index (χ1n) is 9.77. The molecule has 0 spiro atoms. The molecular weight excluding hydrogens is 271 g/mol. The summed E-state index contributed by atoms with van der Waals surface area (Å²) in [5.74, 6) is 1.10. The monoisotopic (exact) mass is 308 g/mol. The van der Waals surface area contributed by atoms with E-state index in [1.165, 1.54) is 87.6 Å². The van der Waals surface area contributed by atoms with Gasteiger partial charge in [-0.1, -0.05) is 63.2 Å². The van der Waals surface area contributed by atoms with Crippen LogP contribution in [0.1, 0.15) is 90.9 Å². The molecule has 0 radical (unpaired) electrons. The summed E-state index contributed by atoms with van der Waals surface area (Å²) in [6.45, 7) is 4.55. The van der Waals surface area contributed by atoms with Gasteiger partial charge >= 0.3 is 65.3 Å². The summed E-state index contributed by atoms with van der Waals surface area (Å²) in [6.07, 6.45) is 15.7. The average molecular weight is 308 g/mol. The van der Waals surface area contributed by atoms with Crippen molar-refractivity contribution >= 4 is 15.2 Å². The normalized spacial score (nSPS) is 19.6. The smallest absolute Gasteiger partial charge is 0.0515 e. The summed E-state index contributed by atoms with van der Waals surface area (Å²) in [4.78, 5) is 0. The van der Waals surface area contributed by atoms with Crippen LogP contribution in [0.3, 0.4) is 0 Å². The second kappa shape index (κ2) is 13.0. The molecule has 0 aliphatic heterocycles. The zero-order chi connectivity index (χ0) is 15.3. The Morgan fingerprint density at radius 3 is 1.52 bits per heavy atom. The van der Waals surface area contributed by atoms with Crippen molar-refractivity contribution in [2.75, 3.05) is 0 Å². The van der Waals surface area contributed by atoms with Gasteiger partial charge in [0.1, 0.15) is 0 Å². The van der Waals surface area contributed by atoms with Gasteiger partial charge in [0.05, 0.1) is 0 Å². The van der Waals surface area contributed by atoms with Crippen LogP contribution in [0.4, 0.5) is 0 Å². The fourth-order valence-corrected chi connectivity index (χ4v) is 5.48. The minimum atomic E-state index is -0.199. The molecule has 0 bridgehead atoms. The Kier molecular flexibility index (Phi) is 12.1. The van der Waals surface area contributed by atoms with Crippen molar-refractivity contribution in [1.29, 1.82) is 0 Å². The first-order chi connectivity index (χ1) is 10.3. The molecule has 2 rings (SSSR count). The van der Waals surface area contributed by atoms with Crippen LogP contribution < -0.4 is 5.11 Å². The molecule has 2 aliphatic carbocycles. The Morgan fingerprint density at radius 1 is 0.810 bits per heavy atom. The molecule has 0 N–H and O–H groups in total. The van der Waals surface area contributed by atoms with E-state index in [-0.39, 0.29) is 6.10 Å². The molecular formula is C19H37AlO. The van der Waals surface area contributed by atoms with E-state index in [1.807, 2.05) is 0 Å². The van der Waals surface area contributed by atoms with Crippen LogP contribution in [-0.2, 0) is 0 Å². The molecule has 0 saturated heterocycles. The van der Waals surface area contributed by atoms with Gasteiger partial charge in [0, 0.05) is 0 Å². The Hall–Kier alpha value is 0.492. The molecule has 21 heavy (non-hydrogen) atoms. The molecule has 1 nitrogen and oxygen atoms in total. The van der Waals surface area contributed by atoms with E-state index < -0.39 is 0 Å². The van der Waals surface area contributed by atoms with Crippen LogP contribution in [0, 0.1) is 11.8 Å². The second-order valence-electron chi connectivity index (χ2n) is 7.13. The molecule has 2 saturated carbocycles. The zero-order valence-electron chi connectivity index (χ0n) is 14.6. The van der Waals surface area contributed by atoms with E-state index in [2.05, 4.69) is 13.8 Å². The molecule has 0 aromatic rings. The predicted octanol–water partition coefficient (Wildman–Crippen LogP) is 5.22. The van der Waals surface area contributed by atoms with E-state index in [4.69, 9.17) is 0 Å².